The maximum Gasteiger partial charge on any atom is 0.249 e. The first-order valence-electron chi connectivity index (χ1n) is 5.13. The SMILES string of the molecule is C[C@@H]1OC2OC(CO)C(O)C(O)C2NC1=O. The third kappa shape index (κ3) is 1.80. The number of aliphatic hydroxyl groups is 3. The molecular formula is C9H15NO6. The second-order valence-electron chi connectivity index (χ2n) is 4.02. The molecular weight excluding hydrogens is 218 g/mol. The summed E-state index contributed by atoms with van der Waals surface area (Å²) in [5, 5.41) is 30.8. The molecule has 2 fully saturated rings. The molecule has 4 N–H and O–H groups in total. The van der Waals surface area contributed by atoms with Crippen molar-refractivity contribution in [2.24, 2.45) is 0 Å². The van der Waals surface area contributed by atoms with Crippen molar-refractivity contribution < 1.29 is 29.6 Å². The number of morpholine rings is 1. The second-order valence-corrected chi connectivity index (χ2v) is 4.02. The van der Waals surface area contributed by atoms with Crippen molar-refractivity contribution in [2.75, 3.05) is 6.61 Å². The molecule has 5 unspecified atom stereocenters. The minimum atomic E-state index is -1.25. The van der Waals surface area contributed by atoms with E-state index in [9.17, 15) is 15.0 Å². The van der Waals surface area contributed by atoms with Crippen LogP contribution in [0.2, 0.25) is 0 Å². The van der Waals surface area contributed by atoms with Crippen molar-refractivity contribution in [3.63, 3.8) is 0 Å². The van der Waals surface area contributed by atoms with Crippen molar-refractivity contribution in [1.29, 1.82) is 0 Å². The van der Waals surface area contributed by atoms with E-state index >= 15 is 0 Å². The van der Waals surface area contributed by atoms with E-state index in [4.69, 9.17) is 14.6 Å². The maximum atomic E-state index is 11.3. The Bertz CT molecular complexity index is 285. The molecule has 0 aromatic carbocycles. The fraction of sp³-hybridized carbons (Fsp3) is 0.889. The molecule has 0 aromatic heterocycles. The molecule has 2 heterocycles. The molecule has 7 nitrogen and oxygen atoms in total. The zero-order valence-corrected chi connectivity index (χ0v) is 8.74. The van der Waals surface area contributed by atoms with Crippen LogP contribution in [0.15, 0.2) is 0 Å². The molecule has 0 bridgehead atoms. The first-order valence-corrected chi connectivity index (χ1v) is 5.13. The van der Waals surface area contributed by atoms with Crippen molar-refractivity contribution in [3.05, 3.63) is 0 Å². The fourth-order valence-corrected chi connectivity index (χ4v) is 1.90. The van der Waals surface area contributed by atoms with Crippen LogP contribution in [-0.2, 0) is 14.3 Å². The number of fused-ring (bicyclic) bond motifs is 1. The number of hydrogen-bond acceptors (Lipinski definition) is 6. The lowest BCUT2D eigenvalue weighted by Gasteiger charge is -2.45. The van der Waals surface area contributed by atoms with Gasteiger partial charge in [0.25, 0.3) is 0 Å². The number of nitrogens with one attached hydrogen (secondary N) is 1. The summed E-state index contributed by atoms with van der Waals surface area (Å²) in [7, 11) is 0. The normalized spacial score (nSPS) is 48.4. The monoisotopic (exact) mass is 233 g/mol. The fourth-order valence-electron chi connectivity index (χ4n) is 1.90. The van der Waals surface area contributed by atoms with Crippen molar-refractivity contribution >= 4 is 5.91 Å². The molecule has 2 rings (SSSR count). The Morgan fingerprint density at radius 1 is 1.31 bits per heavy atom. The number of hydrogen-bond donors (Lipinski definition) is 4. The molecule has 0 aliphatic carbocycles. The van der Waals surface area contributed by atoms with E-state index in [2.05, 4.69) is 5.32 Å². The summed E-state index contributed by atoms with van der Waals surface area (Å²) in [6.45, 7) is 1.13. The number of amides is 1. The number of aliphatic hydroxyl groups excluding tert-OH is 3. The maximum absolute atomic E-state index is 11.3. The molecule has 0 spiro atoms. The highest BCUT2D eigenvalue weighted by atomic mass is 16.7. The lowest BCUT2D eigenvalue weighted by atomic mass is 9.96. The van der Waals surface area contributed by atoms with Gasteiger partial charge in [-0.25, -0.2) is 0 Å². The molecule has 7 heteroatoms. The molecule has 0 aromatic rings. The highest BCUT2D eigenvalue weighted by molar-refractivity contribution is 5.81. The third-order valence-electron chi connectivity index (χ3n) is 2.90. The minimum Gasteiger partial charge on any atom is -0.394 e. The molecule has 1 amide bonds. The zero-order chi connectivity index (χ0) is 11.9. The lowest BCUT2D eigenvalue weighted by molar-refractivity contribution is -0.288. The summed E-state index contributed by atoms with van der Waals surface area (Å²) in [4.78, 5) is 11.3. The minimum absolute atomic E-state index is 0.362. The summed E-state index contributed by atoms with van der Waals surface area (Å²) in [5.41, 5.74) is 0. The van der Waals surface area contributed by atoms with E-state index in [0.717, 1.165) is 0 Å². The van der Waals surface area contributed by atoms with Crippen LogP contribution in [0.3, 0.4) is 0 Å². The highest BCUT2D eigenvalue weighted by Crippen LogP contribution is 2.25. The average Bonchev–Trinajstić information content (AvgIpc) is 2.26. The van der Waals surface area contributed by atoms with Gasteiger partial charge in [0.15, 0.2) is 6.29 Å². The lowest BCUT2D eigenvalue weighted by Crippen LogP contribution is -2.69. The smallest absolute Gasteiger partial charge is 0.249 e. The summed E-state index contributed by atoms with van der Waals surface area (Å²) in [6.07, 6.45) is -4.89. The summed E-state index contributed by atoms with van der Waals surface area (Å²) >= 11 is 0. The zero-order valence-electron chi connectivity index (χ0n) is 8.74. The summed E-state index contributed by atoms with van der Waals surface area (Å²) in [6, 6.07) is -0.804. The first kappa shape index (κ1) is 11.7. The number of carbonyl (C=O) groups is 1. The predicted octanol–water partition coefficient (Wildman–Crippen LogP) is -2.67. The van der Waals surface area contributed by atoms with Crippen LogP contribution in [0, 0.1) is 0 Å². The Hall–Kier alpha value is -0.730. The largest absolute Gasteiger partial charge is 0.394 e. The Labute approximate surface area is 92.0 Å². The summed E-state index contributed by atoms with van der Waals surface area (Å²) in [5.74, 6) is -0.362. The van der Waals surface area contributed by atoms with Gasteiger partial charge in [0.1, 0.15) is 30.5 Å². The van der Waals surface area contributed by atoms with Gasteiger partial charge in [-0.2, -0.15) is 0 Å². The van der Waals surface area contributed by atoms with E-state index in [0.29, 0.717) is 0 Å². The topological polar surface area (TPSA) is 108 Å². The van der Waals surface area contributed by atoms with Crippen molar-refractivity contribution in [2.45, 2.75) is 43.7 Å². The van der Waals surface area contributed by atoms with Crippen molar-refractivity contribution in [3.8, 4) is 0 Å². The van der Waals surface area contributed by atoms with Gasteiger partial charge in [-0.15, -0.1) is 0 Å². The number of rotatable bonds is 1. The molecule has 2 aliphatic heterocycles. The Kier molecular flexibility index (Phi) is 3.13. The molecule has 92 valence electrons. The molecule has 0 radical (unpaired) electrons. The molecule has 2 saturated heterocycles. The van der Waals surface area contributed by atoms with Gasteiger partial charge in [-0.3, -0.25) is 4.79 Å². The third-order valence-corrected chi connectivity index (χ3v) is 2.90. The Morgan fingerprint density at radius 3 is 2.62 bits per heavy atom. The highest BCUT2D eigenvalue weighted by Gasteiger charge is 2.49. The van der Waals surface area contributed by atoms with E-state index < -0.39 is 43.4 Å². The first-order chi connectivity index (χ1) is 7.54. The van der Waals surface area contributed by atoms with E-state index in [1.807, 2.05) is 0 Å². The van der Waals surface area contributed by atoms with Gasteiger partial charge in [-0.1, -0.05) is 0 Å². The molecule has 0 saturated carbocycles. The molecule has 2 aliphatic rings. The molecule has 16 heavy (non-hydrogen) atoms. The van der Waals surface area contributed by atoms with Crippen LogP contribution in [0.4, 0.5) is 0 Å². The van der Waals surface area contributed by atoms with Crippen LogP contribution >= 0.6 is 0 Å². The predicted molar refractivity (Wildman–Crippen MR) is 50.2 cm³/mol. The van der Waals surface area contributed by atoms with Gasteiger partial charge >= 0.3 is 0 Å². The standard InChI is InChI=1S/C9H15NO6/c1-3-8(14)10-5-7(13)6(12)4(2-11)16-9(5)15-3/h3-7,9,11-13H,2H2,1H3,(H,10,14)/t3-,4?,5?,6?,7?,9?/m0/s1. The molecule has 6 atom stereocenters. The van der Waals surface area contributed by atoms with Gasteiger partial charge in [0.05, 0.1) is 6.61 Å². The van der Waals surface area contributed by atoms with Gasteiger partial charge in [0, 0.05) is 0 Å². The second kappa shape index (κ2) is 4.27. The average molecular weight is 233 g/mol. The van der Waals surface area contributed by atoms with Gasteiger partial charge in [-0.05, 0) is 6.92 Å². The van der Waals surface area contributed by atoms with Crippen LogP contribution in [0.1, 0.15) is 6.92 Å². The van der Waals surface area contributed by atoms with E-state index in [-0.39, 0.29) is 5.91 Å². The van der Waals surface area contributed by atoms with Gasteiger partial charge in [0.2, 0.25) is 5.91 Å². The summed E-state index contributed by atoms with van der Waals surface area (Å²) < 4.78 is 10.5. The number of carbonyl (C=O) groups excluding carboxylic acids is 1. The van der Waals surface area contributed by atoms with Crippen LogP contribution in [-0.4, -0.2) is 64.6 Å². The van der Waals surface area contributed by atoms with Gasteiger partial charge < -0.3 is 30.1 Å². The van der Waals surface area contributed by atoms with E-state index in [1.54, 1.807) is 6.92 Å². The quantitative estimate of drug-likeness (QED) is 0.393. The van der Waals surface area contributed by atoms with E-state index in [1.165, 1.54) is 0 Å². The van der Waals surface area contributed by atoms with Crippen LogP contribution in [0.25, 0.3) is 0 Å². The van der Waals surface area contributed by atoms with Crippen LogP contribution in [0.5, 0.6) is 0 Å². The van der Waals surface area contributed by atoms with Crippen molar-refractivity contribution in [1.82, 2.24) is 5.32 Å². The Morgan fingerprint density at radius 2 is 2.00 bits per heavy atom. The number of ether oxygens (including phenoxy) is 2. The van der Waals surface area contributed by atoms with Crippen LogP contribution < -0.4 is 5.32 Å². The Balaban J connectivity index is 2.13.